The zero-order chi connectivity index (χ0) is 17.0. The molecule has 0 aliphatic heterocycles. The predicted octanol–water partition coefficient (Wildman–Crippen LogP) is 4.31. The van der Waals surface area contributed by atoms with Gasteiger partial charge in [0.05, 0.1) is 24.8 Å². The standard InChI is InChI=1S/C17H15F3O3/c1-22-10-12-9-11(16(21)23-2)7-8-13(12)14-5-3-4-6-15(14)17(18,19)20/h3-9H,10H2,1-2H3. The summed E-state index contributed by atoms with van der Waals surface area (Å²) in [6.45, 7) is 0.0758. The van der Waals surface area contributed by atoms with Gasteiger partial charge in [0.25, 0.3) is 0 Å². The molecule has 0 bridgehead atoms. The molecule has 2 aromatic rings. The van der Waals surface area contributed by atoms with E-state index in [2.05, 4.69) is 4.74 Å². The minimum atomic E-state index is -4.47. The molecule has 6 heteroatoms. The highest BCUT2D eigenvalue weighted by molar-refractivity contribution is 5.90. The van der Waals surface area contributed by atoms with Crippen molar-refractivity contribution in [1.82, 2.24) is 0 Å². The Morgan fingerprint density at radius 2 is 1.74 bits per heavy atom. The molecular weight excluding hydrogens is 309 g/mol. The number of methoxy groups -OCH3 is 2. The van der Waals surface area contributed by atoms with Crippen LogP contribution in [0.1, 0.15) is 21.5 Å². The molecule has 0 amide bonds. The van der Waals surface area contributed by atoms with Gasteiger partial charge in [-0.3, -0.25) is 0 Å². The summed E-state index contributed by atoms with van der Waals surface area (Å²) in [4.78, 5) is 11.6. The second kappa shape index (κ2) is 6.83. The van der Waals surface area contributed by atoms with Gasteiger partial charge in [0.2, 0.25) is 0 Å². The topological polar surface area (TPSA) is 35.5 Å². The first-order valence-corrected chi connectivity index (χ1v) is 6.75. The Balaban J connectivity index is 2.62. The molecule has 0 saturated heterocycles. The maximum absolute atomic E-state index is 13.2. The molecule has 23 heavy (non-hydrogen) atoms. The summed E-state index contributed by atoms with van der Waals surface area (Å²) in [5.41, 5.74) is 0.416. The molecule has 0 unspecified atom stereocenters. The van der Waals surface area contributed by atoms with Gasteiger partial charge in [-0.25, -0.2) is 4.79 Å². The van der Waals surface area contributed by atoms with E-state index in [1.807, 2.05) is 0 Å². The van der Waals surface area contributed by atoms with Crippen molar-refractivity contribution in [1.29, 1.82) is 0 Å². The van der Waals surface area contributed by atoms with Gasteiger partial charge in [-0.1, -0.05) is 24.3 Å². The largest absolute Gasteiger partial charge is 0.465 e. The number of carbonyl (C=O) groups is 1. The summed E-state index contributed by atoms with van der Waals surface area (Å²) in [7, 11) is 2.68. The van der Waals surface area contributed by atoms with Crippen LogP contribution in [-0.2, 0) is 22.3 Å². The van der Waals surface area contributed by atoms with Gasteiger partial charge >= 0.3 is 12.1 Å². The van der Waals surface area contributed by atoms with Crippen LogP contribution in [0.3, 0.4) is 0 Å². The summed E-state index contributed by atoms with van der Waals surface area (Å²) >= 11 is 0. The lowest BCUT2D eigenvalue weighted by Crippen LogP contribution is -2.08. The molecule has 0 saturated carbocycles. The lowest BCUT2D eigenvalue weighted by atomic mass is 9.94. The molecule has 0 fully saturated rings. The third-order valence-corrected chi connectivity index (χ3v) is 3.35. The zero-order valence-corrected chi connectivity index (χ0v) is 12.6. The van der Waals surface area contributed by atoms with Gasteiger partial charge in [0.15, 0.2) is 0 Å². The minimum Gasteiger partial charge on any atom is -0.465 e. The molecule has 122 valence electrons. The van der Waals surface area contributed by atoms with Gasteiger partial charge in [0.1, 0.15) is 0 Å². The van der Waals surface area contributed by atoms with E-state index >= 15 is 0 Å². The van der Waals surface area contributed by atoms with Gasteiger partial charge < -0.3 is 9.47 Å². The number of alkyl halides is 3. The third-order valence-electron chi connectivity index (χ3n) is 3.35. The first kappa shape index (κ1) is 17.0. The molecular formula is C17H15F3O3. The molecule has 2 aromatic carbocycles. The Kier molecular flexibility index (Phi) is 5.05. The van der Waals surface area contributed by atoms with Gasteiger partial charge in [0, 0.05) is 7.11 Å². The molecule has 0 atom stereocenters. The van der Waals surface area contributed by atoms with Crippen molar-refractivity contribution in [3.8, 4) is 11.1 Å². The number of esters is 1. The van der Waals surface area contributed by atoms with Crippen LogP contribution in [0.2, 0.25) is 0 Å². The van der Waals surface area contributed by atoms with E-state index in [0.29, 0.717) is 11.1 Å². The second-order valence-electron chi connectivity index (χ2n) is 4.84. The third kappa shape index (κ3) is 3.71. The molecule has 0 N–H and O–H groups in total. The number of carbonyl (C=O) groups excluding carboxylic acids is 1. The van der Waals surface area contributed by atoms with E-state index in [1.165, 1.54) is 50.6 Å². The van der Waals surface area contributed by atoms with E-state index in [4.69, 9.17) is 4.74 Å². The van der Waals surface area contributed by atoms with Crippen LogP contribution in [0.15, 0.2) is 42.5 Å². The summed E-state index contributed by atoms with van der Waals surface area (Å²) in [6.07, 6.45) is -4.47. The van der Waals surface area contributed by atoms with Gasteiger partial charge in [-0.05, 0) is 34.9 Å². The van der Waals surface area contributed by atoms with Crippen LogP contribution in [0.25, 0.3) is 11.1 Å². The molecule has 2 rings (SSSR count). The summed E-state index contributed by atoms with van der Waals surface area (Å²) in [5, 5.41) is 0. The average Bonchev–Trinajstić information content (AvgIpc) is 2.53. The smallest absolute Gasteiger partial charge is 0.417 e. The van der Waals surface area contributed by atoms with Crippen LogP contribution in [-0.4, -0.2) is 20.2 Å². The molecule has 0 aliphatic carbocycles. The van der Waals surface area contributed by atoms with Crippen molar-refractivity contribution < 1.29 is 27.4 Å². The molecule has 3 nitrogen and oxygen atoms in total. The van der Waals surface area contributed by atoms with E-state index in [1.54, 1.807) is 0 Å². The van der Waals surface area contributed by atoms with E-state index in [9.17, 15) is 18.0 Å². The Hall–Kier alpha value is -2.34. The lowest BCUT2D eigenvalue weighted by Gasteiger charge is -2.16. The Bertz CT molecular complexity index is 708. The first-order valence-electron chi connectivity index (χ1n) is 6.75. The molecule has 0 heterocycles. The van der Waals surface area contributed by atoms with Crippen LogP contribution in [0, 0.1) is 0 Å². The predicted molar refractivity (Wildman–Crippen MR) is 78.9 cm³/mol. The van der Waals surface area contributed by atoms with E-state index < -0.39 is 17.7 Å². The van der Waals surface area contributed by atoms with Crippen LogP contribution >= 0.6 is 0 Å². The van der Waals surface area contributed by atoms with Crippen molar-refractivity contribution in [2.75, 3.05) is 14.2 Å². The van der Waals surface area contributed by atoms with Crippen LogP contribution in [0.4, 0.5) is 13.2 Å². The molecule has 0 spiro atoms. The lowest BCUT2D eigenvalue weighted by molar-refractivity contribution is -0.137. The Labute approximate surface area is 131 Å². The first-order chi connectivity index (χ1) is 10.9. The summed E-state index contributed by atoms with van der Waals surface area (Å²) in [6, 6.07) is 9.70. The molecule has 0 aromatic heterocycles. The van der Waals surface area contributed by atoms with Crippen molar-refractivity contribution >= 4 is 5.97 Å². The molecule has 0 aliphatic rings. The minimum absolute atomic E-state index is 0.0449. The van der Waals surface area contributed by atoms with Crippen LogP contribution in [0.5, 0.6) is 0 Å². The number of hydrogen-bond donors (Lipinski definition) is 0. The maximum atomic E-state index is 13.2. The SMILES string of the molecule is COCc1cc(C(=O)OC)ccc1-c1ccccc1C(F)(F)F. The highest BCUT2D eigenvalue weighted by Crippen LogP contribution is 2.38. The Morgan fingerprint density at radius 1 is 1.04 bits per heavy atom. The number of benzene rings is 2. The fourth-order valence-corrected chi connectivity index (χ4v) is 2.34. The van der Waals surface area contributed by atoms with Crippen molar-refractivity contribution in [3.63, 3.8) is 0 Å². The zero-order valence-electron chi connectivity index (χ0n) is 12.6. The highest BCUT2D eigenvalue weighted by Gasteiger charge is 2.33. The maximum Gasteiger partial charge on any atom is 0.417 e. The Morgan fingerprint density at radius 3 is 2.35 bits per heavy atom. The van der Waals surface area contributed by atoms with Crippen molar-refractivity contribution in [3.05, 3.63) is 59.2 Å². The second-order valence-corrected chi connectivity index (χ2v) is 4.84. The van der Waals surface area contributed by atoms with E-state index in [0.717, 1.165) is 6.07 Å². The monoisotopic (exact) mass is 324 g/mol. The molecule has 0 radical (unpaired) electrons. The number of halogens is 3. The summed E-state index contributed by atoms with van der Waals surface area (Å²) in [5.74, 6) is -0.557. The van der Waals surface area contributed by atoms with Crippen molar-refractivity contribution in [2.45, 2.75) is 12.8 Å². The summed E-state index contributed by atoms with van der Waals surface area (Å²) < 4.78 is 49.3. The van der Waals surface area contributed by atoms with Crippen LogP contribution < -0.4 is 0 Å². The highest BCUT2D eigenvalue weighted by atomic mass is 19.4. The average molecular weight is 324 g/mol. The quantitative estimate of drug-likeness (QED) is 0.786. The van der Waals surface area contributed by atoms with E-state index in [-0.39, 0.29) is 17.7 Å². The van der Waals surface area contributed by atoms with Crippen molar-refractivity contribution in [2.24, 2.45) is 0 Å². The fraction of sp³-hybridized carbons (Fsp3) is 0.235. The van der Waals surface area contributed by atoms with Gasteiger partial charge in [-0.2, -0.15) is 13.2 Å². The normalized spacial score (nSPS) is 11.3. The number of rotatable bonds is 4. The van der Waals surface area contributed by atoms with Gasteiger partial charge in [-0.15, -0.1) is 0 Å². The fourth-order valence-electron chi connectivity index (χ4n) is 2.34. The number of hydrogen-bond acceptors (Lipinski definition) is 3. The number of ether oxygens (including phenoxy) is 2.